The van der Waals surface area contributed by atoms with Crippen molar-refractivity contribution in [1.82, 2.24) is 5.32 Å². The third-order valence-corrected chi connectivity index (χ3v) is 3.67. The van der Waals surface area contributed by atoms with Crippen LogP contribution in [0.2, 0.25) is 0 Å². The SMILES string of the molecule is O=C(O)CC1(Oc2ccc3c(c2)CCC(=O)N3)CNC1. The molecule has 1 fully saturated rings. The normalized spacial score (nSPS) is 19.5. The van der Waals surface area contributed by atoms with Gasteiger partial charge in [0.15, 0.2) is 0 Å². The molecule has 0 bridgehead atoms. The van der Waals surface area contributed by atoms with Crippen molar-refractivity contribution in [3.63, 3.8) is 0 Å². The first kappa shape index (κ1) is 12.9. The molecule has 1 amide bonds. The van der Waals surface area contributed by atoms with Crippen LogP contribution < -0.4 is 15.4 Å². The van der Waals surface area contributed by atoms with Crippen molar-refractivity contribution < 1.29 is 19.4 Å². The van der Waals surface area contributed by atoms with Gasteiger partial charge in [-0.2, -0.15) is 0 Å². The molecule has 106 valence electrons. The van der Waals surface area contributed by atoms with E-state index in [0.717, 1.165) is 11.3 Å². The first-order chi connectivity index (χ1) is 9.56. The zero-order chi connectivity index (χ0) is 14.2. The van der Waals surface area contributed by atoms with Gasteiger partial charge in [0.1, 0.15) is 11.4 Å². The quantitative estimate of drug-likeness (QED) is 0.756. The van der Waals surface area contributed by atoms with Crippen molar-refractivity contribution in [2.45, 2.75) is 24.9 Å². The number of benzene rings is 1. The number of amides is 1. The number of nitrogens with one attached hydrogen (secondary N) is 2. The predicted octanol–water partition coefficient (Wildman–Crippen LogP) is 0.767. The fourth-order valence-corrected chi connectivity index (χ4v) is 2.59. The molecule has 2 aliphatic heterocycles. The number of carbonyl (C=O) groups is 2. The summed E-state index contributed by atoms with van der Waals surface area (Å²) < 4.78 is 5.89. The number of aryl methyl sites for hydroxylation is 1. The molecule has 3 N–H and O–H groups in total. The molecule has 6 heteroatoms. The van der Waals surface area contributed by atoms with Crippen LogP contribution >= 0.6 is 0 Å². The minimum Gasteiger partial charge on any atom is -0.484 e. The summed E-state index contributed by atoms with van der Waals surface area (Å²) >= 11 is 0. The number of carboxylic acids is 1. The summed E-state index contributed by atoms with van der Waals surface area (Å²) in [6.45, 7) is 1.07. The van der Waals surface area contributed by atoms with E-state index in [1.807, 2.05) is 12.1 Å². The van der Waals surface area contributed by atoms with E-state index in [0.29, 0.717) is 31.7 Å². The Morgan fingerprint density at radius 3 is 2.80 bits per heavy atom. The molecular formula is C14H16N2O4. The number of hydrogen-bond acceptors (Lipinski definition) is 4. The van der Waals surface area contributed by atoms with E-state index >= 15 is 0 Å². The molecule has 2 heterocycles. The molecule has 1 aromatic rings. The van der Waals surface area contributed by atoms with Gasteiger partial charge in [0.25, 0.3) is 0 Å². The van der Waals surface area contributed by atoms with Gasteiger partial charge >= 0.3 is 5.97 Å². The number of ether oxygens (including phenoxy) is 1. The maximum absolute atomic E-state index is 11.3. The van der Waals surface area contributed by atoms with Crippen molar-refractivity contribution in [1.29, 1.82) is 0 Å². The van der Waals surface area contributed by atoms with Gasteiger partial charge < -0.3 is 20.5 Å². The fraction of sp³-hybridized carbons (Fsp3) is 0.429. The van der Waals surface area contributed by atoms with E-state index < -0.39 is 11.6 Å². The lowest BCUT2D eigenvalue weighted by atomic mass is 9.92. The maximum atomic E-state index is 11.3. The van der Waals surface area contributed by atoms with E-state index in [4.69, 9.17) is 9.84 Å². The van der Waals surface area contributed by atoms with Crippen LogP contribution in [0.15, 0.2) is 18.2 Å². The van der Waals surface area contributed by atoms with Crippen LogP contribution in [-0.4, -0.2) is 35.7 Å². The highest BCUT2D eigenvalue weighted by molar-refractivity contribution is 5.94. The highest BCUT2D eigenvalue weighted by atomic mass is 16.5. The van der Waals surface area contributed by atoms with Gasteiger partial charge in [-0.25, -0.2) is 0 Å². The number of carboxylic acid groups (broad SMARTS) is 1. The third-order valence-electron chi connectivity index (χ3n) is 3.67. The molecule has 0 unspecified atom stereocenters. The first-order valence-corrected chi connectivity index (χ1v) is 6.61. The predicted molar refractivity (Wildman–Crippen MR) is 71.9 cm³/mol. The topological polar surface area (TPSA) is 87.7 Å². The monoisotopic (exact) mass is 276 g/mol. The molecule has 20 heavy (non-hydrogen) atoms. The number of aliphatic carboxylic acids is 1. The van der Waals surface area contributed by atoms with Gasteiger partial charge in [0.2, 0.25) is 5.91 Å². The van der Waals surface area contributed by atoms with Crippen molar-refractivity contribution in [2.24, 2.45) is 0 Å². The van der Waals surface area contributed by atoms with Crippen molar-refractivity contribution in [3.8, 4) is 5.75 Å². The zero-order valence-electron chi connectivity index (χ0n) is 10.9. The molecule has 3 rings (SSSR count). The Hall–Kier alpha value is -2.08. The molecule has 1 aromatic carbocycles. The van der Waals surface area contributed by atoms with E-state index in [1.54, 1.807) is 6.07 Å². The summed E-state index contributed by atoms with van der Waals surface area (Å²) in [5, 5.41) is 14.8. The molecule has 0 saturated carbocycles. The van der Waals surface area contributed by atoms with Crippen LogP contribution in [0.5, 0.6) is 5.75 Å². The van der Waals surface area contributed by atoms with Crippen molar-refractivity contribution in [3.05, 3.63) is 23.8 Å². The van der Waals surface area contributed by atoms with E-state index in [1.165, 1.54) is 0 Å². The molecule has 1 saturated heterocycles. The Morgan fingerprint density at radius 2 is 2.15 bits per heavy atom. The lowest BCUT2D eigenvalue weighted by Crippen LogP contribution is -2.64. The fourth-order valence-electron chi connectivity index (χ4n) is 2.59. The minimum absolute atomic E-state index is 0.0200. The van der Waals surface area contributed by atoms with Crippen LogP contribution in [0, 0.1) is 0 Å². The highest BCUT2D eigenvalue weighted by Gasteiger charge is 2.41. The Kier molecular flexibility index (Phi) is 3.10. The largest absolute Gasteiger partial charge is 0.484 e. The Balaban J connectivity index is 1.78. The molecule has 0 atom stereocenters. The van der Waals surface area contributed by atoms with Crippen molar-refractivity contribution >= 4 is 17.6 Å². The molecule has 2 aliphatic rings. The van der Waals surface area contributed by atoms with Gasteiger partial charge in [-0.15, -0.1) is 0 Å². The van der Waals surface area contributed by atoms with E-state index in [-0.39, 0.29) is 12.3 Å². The summed E-state index contributed by atoms with van der Waals surface area (Å²) in [4.78, 5) is 22.2. The number of hydrogen-bond donors (Lipinski definition) is 3. The summed E-state index contributed by atoms with van der Waals surface area (Å²) in [6, 6.07) is 5.46. The Morgan fingerprint density at radius 1 is 1.35 bits per heavy atom. The molecular weight excluding hydrogens is 260 g/mol. The average molecular weight is 276 g/mol. The summed E-state index contributed by atoms with van der Waals surface area (Å²) in [7, 11) is 0. The summed E-state index contributed by atoms with van der Waals surface area (Å²) in [5.74, 6) is -0.184. The zero-order valence-corrected chi connectivity index (χ0v) is 10.9. The number of fused-ring (bicyclic) bond motifs is 1. The Bertz CT molecular complexity index is 566. The second kappa shape index (κ2) is 4.79. The lowest BCUT2D eigenvalue weighted by molar-refractivity contribution is -0.143. The Labute approximate surface area is 116 Å². The second-order valence-corrected chi connectivity index (χ2v) is 5.33. The van der Waals surface area contributed by atoms with Gasteiger partial charge in [-0.1, -0.05) is 0 Å². The minimum atomic E-state index is -0.864. The van der Waals surface area contributed by atoms with Crippen LogP contribution in [-0.2, 0) is 16.0 Å². The van der Waals surface area contributed by atoms with E-state index in [2.05, 4.69) is 10.6 Å². The van der Waals surface area contributed by atoms with Crippen LogP contribution in [0.4, 0.5) is 5.69 Å². The smallest absolute Gasteiger partial charge is 0.307 e. The number of rotatable bonds is 4. The molecule has 0 spiro atoms. The van der Waals surface area contributed by atoms with Crippen LogP contribution in [0.3, 0.4) is 0 Å². The molecule has 6 nitrogen and oxygen atoms in total. The highest BCUT2D eigenvalue weighted by Crippen LogP contribution is 2.31. The molecule has 0 aromatic heterocycles. The van der Waals surface area contributed by atoms with Crippen molar-refractivity contribution in [2.75, 3.05) is 18.4 Å². The van der Waals surface area contributed by atoms with Crippen LogP contribution in [0.25, 0.3) is 0 Å². The number of carbonyl (C=O) groups excluding carboxylic acids is 1. The first-order valence-electron chi connectivity index (χ1n) is 6.61. The van der Waals surface area contributed by atoms with Crippen LogP contribution in [0.1, 0.15) is 18.4 Å². The molecule has 0 radical (unpaired) electrons. The molecule has 0 aliphatic carbocycles. The third kappa shape index (κ3) is 2.46. The van der Waals surface area contributed by atoms with Gasteiger partial charge in [-0.3, -0.25) is 9.59 Å². The summed E-state index contributed by atoms with van der Waals surface area (Å²) in [5.41, 5.74) is 1.19. The van der Waals surface area contributed by atoms with Gasteiger partial charge in [0, 0.05) is 25.2 Å². The maximum Gasteiger partial charge on any atom is 0.307 e. The van der Waals surface area contributed by atoms with Gasteiger partial charge in [-0.05, 0) is 30.2 Å². The lowest BCUT2D eigenvalue weighted by Gasteiger charge is -2.41. The number of anilines is 1. The second-order valence-electron chi connectivity index (χ2n) is 5.33. The van der Waals surface area contributed by atoms with Gasteiger partial charge in [0.05, 0.1) is 6.42 Å². The average Bonchev–Trinajstić information content (AvgIpc) is 2.36. The standard InChI is InChI=1S/C14H16N2O4/c17-12-4-1-9-5-10(2-3-11(9)16-12)20-14(6-13(18)19)7-15-8-14/h2-3,5,15H,1,4,6-8H2,(H,16,17)(H,18,19). The summed E-state index contributed by atoms with van der Waals surface area (Å²) in [6.07, 6.45) is 1.13. The van der Waals surface area contributed by atoms with E-state index in [9.17, 15) is 9.59 Å².